The number of fused-ring (bicyclic) bond motifs is 1. The van der Waals surface area contributed by atoms with Crippen molar-refractivity contribution in [3.63, 3.8) is 0 Å². The number of oxazole rings is 1. The molecule has 26 heavy (non-hydrogen) atoms. The molecule has 0 unspecified atom stereocenters. The van der Waals surface area contributed by atoms with Crippen molar-refractivity contribution in [3.8, 4) is 11.5 Å². The Balaban J connectivity index is 1.69. The van der Waals surface area contributed by atoms with Gasteiger partial charge in [0.25, 0.3) is 5.91 Å². The Bertz CT molecular complexity index is 1090. The van der Waals surface area contributed by atoms with E-state index in [1.54, 1.807) is 6.07 Å². The molecule has 4 rings (SSSR count). The van der Waals surface area contributed by atoms with Crippen LogP contribution in [0.2, 0.25) is 0 Å². The van der Waals surface area contributed by atoms with E-state index in [-0.39, 0.29) is 5.91 Å². The topological polar surface area (TPSA) is 55.1 Å². The molecule has 4 aromatic rings. The van der Waals surface area contributed by atoms with Crippen molar-refractivity contribution in [3.05, 3.63) is 69.4 Å². The molecule has 0 atom stereocenters. The molecule has 0 fully saturated rings. The summed E-state index contributed by atoms with van der Waals surface area (Å²) >= 11 is 1.41. The molecule has 0 aliphatic rings. The van der Waals surface area contributed by atoms with Gasteiger partial charge in [-0.1, -0.05) is 23.8 Å². The van der Waals surface area contributed by atoms with Gasteiger partial charge in [-0.3, -0.25) is 4.79 Å². The molecule has 0 aliphatic carbocycles. The molecule has 2 aromatic carbocycles. The van der Waals surface area contributed by atoms with Gasteiger partial charge in [-0.05, 0) is 61.5 Å². The normalized spacial score (nSPS) is 11.0. The van der Waals surface area contributed by atoms with E-state index in [1.165, 1.54) is 16.9 Å². The number of rotatable bonds is 3. The van der Waals surface area contributed by atoms with Gasteiger partial charge in [-0.15, -0.1) is 11.3 Å². The summed E-state index contributed by atoms with van der Waals surface area (Å²) in [6.45, 7) is 6.21. The highest BCUT2D eigenvalue weighted by Gasteiger charge is 2.15. The number of carbonyl (C=O) groups excluding carboxylic acids is 1. The largest absolute Gasteiger partial charge is 0.436 e. The van der Waals surface area contributed by atoms with Crippen LogP contribution >= 0.6 is 11.3 Å². The fourth-order valence-corrected chi connectivity index (χ4v) is 3.85. The highest BCUT2D eigenvalue weighted by molar-refractivity contribution is 7.12. The first-order valence-corrected chi connectivity index (χ1v) is 9.23. The maximum atomic E-state index is 12.2. The zero-order chi connectivity index (χ0) is 18.3. The standard InChI is InChI=1S/C21H18N2O2S/c1-12-9-13(2)19(14(3)10-12)21-23-16-11-15(6-7-17(16)25-21)22-20(24)18-5-4-8-26-18/h4-11H,1-3H3,(H,22,24). The van der Waals surface area contributed by atoms with Crippen molar-refractivity contribution >= 4 is 34.0 Å². The molecular weight excluding hydrogens is 344 g/mol. The van der Waals surface area contributed by atoms with Crippen LogP contribution in [-0.2, 0) is 0 Å². The predicted octanol–water partition coefficient (Wildman–Crippen LogP) is 5.73. The number of amides is 1. The molecule has 1 amide bonds. The minimum absolute atomic E-state index is 0.117. The fourth-order valence-electron chi connectivity index (χ4n) is 3.23. The Morgan fingerprint density at radius 2 is 1.85 bits per heavy atom. The van der Waals surface area contributed by atoms with Gasteiger partial charge in [0.05, 0.1) is 4.88 Å². The fraction of sp³-hybridized carbons (Fsp3) is 0.143. The third-order valence-corrected chi connectivity index (χ3v) is 5.15. The first kappa shape index (κ1) is 16.5. The maximum absolute atomic E-state index is 12.2. The van der Waals surface area contributed by atoms with Gasteiger partial charge in [-0.25, -0.2) is 4.98 Å². The first-order chi connectivity index (χ1) is 12.5. The Kier molecular flexibility index (Phi) is 4.09. The Morgan fingerprint density at radius 1 is 1.08 bits per heavy atom. The molecule has 1 N–H and O–H groups in total. The number of hydrogen-bond donors (Lipinski definition) is 1. The summed E-state index contributed by atoms with van der Waals surface area (Å²) in [5.41, 5.74) is 6.65. The molecule has 130 valence electrons. The highest BCUT2D eigenvalue weighted by atomic mass is 32.1. The number of anilines is 1. The van der Waals surface area contributed by atoms with Gasteiger partial charge in [0, 0.05) is 11.3 Å². The third kappa shape index (κ3) is 3.02. The molecule has 2 aromatic heterocycles. The van der Waals surface area contributed by atoms with Crippen molar-refractivity contribution < 1.29 is 9.21 Å². The molecule has 0 radical (unpaired) electrons. The van der Waals surface area contributed by atoms with E-state index in [0.29, 0.717) is 22.0 Å². The van der Waals surface area contributed by atoms with Gasteiger partial charge in [-0.2, -0.15) is 0 Å². The molecule has 0 aliphatic heterocycles. The summed E-state index contributed by atoms with van der Waals surface area (Å²) < 4.78 is 5.97. The number of aryl methyl sites for hydroxylation is 3. The van der Waals surface area contributed by atoms with E-state index >= 15 is 0 Å². The number of hydrogen-bond acceptors (Lipinski definition) is 4. The van der Waals surface area contributed by atoms with Crippen molar-refractivity contribution in [1.29, 1.82) is 0 Å². The Hall–Kier alpha value is -2.92. The minimum Gasteiger partial charge on any atom is -0.436 e. The van der Waals surface area contributed by atoms with Gasteiger partial charge in [0.15, 0.2) is 5.58 Å². The lowest BCUT2D eigenvalue weighted by Crippen LogP contribution is -2.09. The van der Waals surface area contributed by atoms with E-state index in [0.717, 1.165) is 22.2 Å². The monoisotopic (exact) mass is 362 g/mol. The van der Waals surface area contributed by atoms with E-state index in [4.69, 9.17) is 4.42 Å². The van der Waals surface area contributed by atoms with E-state index in [1.807, 2.05) is 29.6 Å². The Morgan fingerprint density at radius 3 is 2.54 bits per heavy atom. The van der Waals surface area contributed by atoms with Crippen LogP contribution < -0.4 is 5.32 Å². The zero-order valence-electron chi connectivity index (χ0n) is 14.8. The predicted molar refractivity (Wildman–Crippen MR) is 106 cm³/mol. The van der Waals surface area contributed by atoms with E-state index < -0.39 is 0 Å². The molecule has 4 nitrogen and oxygen atoms in total. The summed E-state index contributed by atoms with van der Waals surface area (Å²) in [6.07, 6.45) is 0. The molecular formula is C21H18N2O2S. The molecule has 0 spiro atoms. The lowest BCUT2D eigenvalue weighted by Gasteiger charge is -2.07. The molecule has 0 bridgehead atoms. The second-order valence-electron chi connectivity index (χ2n) is 6.41. The molecule has 0 saturated heterocycles. The van der Waals surface area contributed by atoms with Crippen LogP contribution in [0.5, 0.6) is 0 Å². The summed E-state index contributed by atoms with van der Waals surface area (Å²) in [7, 11) is 0. The van der Waals surface area contributed by atoms with Gasteiger partial charge in [0.2, 0.25) is 5.89 Å². The SMILES string of the molecule is Cc1cc(C)c(-c2nc3cc(NC(=O)c4cccs4)ccc3o2)c(C)c1. The number of nitrogens with one attached hydrogen (secondary N) is 1. The lowest BCUT2D eigenvalue weighted by atomic mass is 10.00. The maximum Gasteiger partial charge on any atom is 0.265 e. The minimum atomic E-state index is -0.117. The average molecular weight is 362 g/mol. The smallest absolute Gasteiger partial charge is 0.265 e. The molecule has 2 heterocycles. The second kappa shape index (κ2) is 6.42. The van der Waals surface area contributed by atoms with E-state index in [9.17, 15) is 4.79 Å². The van der Waals surface area contributed by atoms with Crippen LogP contribution in [0.15, 0.2) is 52.3 Å². The van der Waals surface area contributed by atoms with Crippen LogP contribution in [0.3, 0.4) is 0 Å². The number of carbonyl (C=O) groups is 1. The van der Waals surface area contributed by atoms with Crippen LogP contribution in [0.1, 0.15) is 26.4 Å². The van der Waals surface area contributed by atoms with Gasteiger partial charge in [0.1, 0.15) is 5.52 Å². The van der Waals surface area contributed by atoms with Gasteiger partial charge >= 0.3 is 0 Å². The summed E-state index contributed by atoms with van der Waals surface area (Å²) in [5, 5.41) is 4.79. The van der Waals surface area contributed by atoms with Crippen LogP contribution in [0, 0.1) is 20.8 Å². The summed E-state index contributed by atoms with van der Waals surface area (Å²) in [6, 6.07) is 13.4. The van der Waals surface area contributed by atoms with Crippen LogP contribution in [-0.4, -0.2) is 10.9 Å². The zero-order valence-corrected chi connectivity index (χ0v) is 15.6. The highest BCUT2D eigenvalue weighted by Crippen LogP contribution is 2.31. The molecule has 0 saturated carbocycles. The second-order valence-corrected chi connectivity index (χ2v) is 7.35. The van der Waals surface area contributed by atoms with Gasteiger partial charge < -0.3 is 9.73 Å². The van der Waals surface area contributed by atoms with Crippen molar-refractivity contribution in [2.24, 2.45) is 0 Å². The average Bonchev–Trinajstić information content (AvgIpc) is 3.23. The lowest BCUT2D eigenvalue weighted by molar-refractivity contribution is 0.103. The van der Waals surface area contributed by atoms with Crippen LogP contribution in [0.25, 0.3) is 22.6 Å². The number of thiophene rings is 1. The van der Waals surface area contributed by atoms with Crippen molar-refractivity contribution in [2.45, 2.75) is 20.8 Å². The molecule has 5 heteroatoms. The summed E-state index contributed by atoms with van der Waals surface area (Å²) in [4.78, 5) is 17.5. The quantitative estimate of drug-likeness (QED) is 0.506. The Labute approximate surface area is 155 Å². The number of nitrogens with zero attached hydrogens (tertiary/aromatic N) is 1. The van der Waals surface area contributed by atoms with E-state index in [2.05, 4.69) is 43.2 Å². The number of benzene rings is 2. The number of aromatic nitrogens is 1. The summed E-state index contributed by atoms with van der Waals surface area (Å²) in [5.74, 6) is 0.491. The van der Waals surface area contributed by atoms with Crippen molar-refractivity contribution in [2.75, 3.05) is 5.32 Å². The van der Waals surface area contributed by atoms with Crippen LogP contribution in [0.4, 0.5) is 5.69 Å². The van der Waals surface area contributed by atoms with Crippen molar-refractivity contribution in [1.82, 2.24) is 4.98 Å². The first-order valence-electron chi connectivity index (χ1n) is 8.35. The third-order valence-electron chi connectivity index (χ3n) is 4.28.